The summed E-state index contributed by atoms with van der Waals surface area (Å²) in [5.74, 6) is -1.28. The van der Waals surface area contributed by atoms with Crippen LogP contribution in [0, 0.1) is 19.3 Å². The van der Waals surface area contributed by atoms with Gasteiger partial charge in [-0.3, -0.25) is 19.5 Å². The van der Waals surface area contributed by atoms with E-state index in [0.717, 1.165) is 16.7 Å². The molecule has 3 rings (SSSR count). The Morgan fingerprint density at radius 2 is 1.74 bits per heavy atom. The molecule has 1 N–H and O–H groups in total. The average Bonchev–Trinajstić information content (AvgIpc) is 2.88. The number of amides is 1. The molecule has 1 aromatic carbocycles. The summed E-state index contributed by atoms with van der Waals surface area (Å²) in [7, 11) is 0. The Morgan fingerprint density at radius 1 is 1.11 bits per heavy atom. The number of ketones is 1. The van der Waals surface area contributed by atoms with Gasteiger partial charge in [0.05, 0.1) is 11.6 Å². The number of carbonyl (C=O) groups excluding carboxylic acids is 2. The largest absolute Gasteiger partial charge is 0.503 e. The molecule has 140 valence electrons. The summed E-state index contributed by atoms with van der Waals surface area (Å²) in [6.45, 7) is 9.20. The normalized spacial score (nSPS) is 17.6. The fourth-order valence-corrected chi connectivity index (χ4v) is 3.33. The molecule has 1 aliphatic heterocycles. The zero-order valence-electron chi connectivity index (χ0n) is 16.3. The number of hydrogen-bond acceptors (Lipinski definition) is 4. The summed E-state index contributed by atoms with van der Waals surface area (Å²) in [4.78, 5) is 31.7. The van der Waals surface area contributed by atoms with Crippen LogP contribution in [0.5, 0.6) is 0 Å². The van der Waals surface area contributed by atoms with Crippen molar-refractivity contribution < 1.29 is 14.7 Å². The minimum absolute atomic E-state index is 0.139. The second-order valence-electron chi connectivity index (χ2n) is 7.99. The van der Waals surface area contributed by atoms with Crippen molar-refractivity contribution in [2.45, 2.75) is 40.7 Å². The van der Waals surface area contributed by atoms with Gasteiger partial charge in [-0.05, 0) is 48.7 Å². The topological polar surface area (TPSA) is 70.5 Å². The molecule has 0 radical (unpaired) electrons. The summed E-state index contributed by atoms with van der Waals surface area (Å²) in [6, 6.07) is 8.65. The fraction of sp³-hybridized carbons (Fsp3) is 0.318. The van der Waals surface area contributed by atoms with Gasteiger partial charge in [0.1, 0.15) is 0 Å². The lowest BCUT2D eigenvalue weighted by Crippen LogP contribution is -2.33. The van der Waals surface area contributed by atoms with E-state index in [1.807, 2.05) is 32.0 Å². The number of Topliss-reactive ketones (excluding diaryl/α,β-unsaturated/α-hetero) is 1. The number of aliphatic hydroxyl groups is 1. The Morgan fingerprint density at radius 3 is 2.33 bits per heavy atom. The summed E-state index contributed by atoms with van der Waals surface area (Å²) in [5, 5.41) is 10.7. The lowest BCUT2D eigenvalue weighted by Gasteiger charge is -2.30. The number of aromatic nitrogens is 1. The van der Waals surface area contributed by atoms with Gasteiger partial charge in [0, 0.05) is 23.5 Å². The minimum atomic E-state index is -0.730. The predicted molar refractivity (Wildman–Crippen MR) is 104 cm³/mol. The molecule has 0 fully saturated rings. The third-order valence-electron chi connectivity index (χ3n) is 4.78. The zero-order chi connectivity index (χ0) is 19.9. The molecular formula is C22H24N2O3. The van der Waals surface area contributed by atoms with Crippen LogP contribution in [-0.4, -0.2) is 21.8 Å². The number of nitrogens with zero attached hydrogens (tertiary/aromatic N) is 2. The molecule has 27 heavy (non-hydrogen) atoms. The van der Waals surface area contributed by atoms with Gasteiger partial charge in [-0.2, -0.15) is 0 Å². The maximum absolute atomic E-state index is 13.1. The van der Waals surface area contributed by atoms with Crippen molar-refractivity contribution in [3.63, 3.8) is 0 Å². The number of aryl methyl sites for hydroxylation is 2. The summed E-state index contributed by atoms with van der Waals surface area (Å²) < 4.78 is 0. The molecule has 1 unspecified atom stereocenters. The van der Waals surface area contributed by atoms with Crippen molar-refractivity contribution in [3.05, 3.63) is 70.7 Å². The van der Waals surface area contributed by atoms with Crippen LogP contribution in [0.4, 0.5) is 5.69 Å². The fourth-order valence-electron chi connectivity index (χ4n) is 3.33. The Bertz CT molecular complexity index is 940. The van der Waals surface area contributed by atoms with Gasteiger partial charge in [-0.25, -0.2) is 0 Å². The van der Waals surface area contributed by atoms with Crippen LogP contribution in [0.15, 0.2) is 54.1 Å². The number of pyridine rings is 1. The van der Waals surface area contributed by atoms with Crippen molar-refractivity contribution in [1.82, 2.24) is 4.98 Å². The molecule has 2 aromatic rings. The highest BCUT2D eigenvalue weighted by atomic mass is 16.3. The van der Waals surface area contributed by atoms with E-state index >= 15 is 0 Å². The third-order valence-corrected chi connectivity index (χ3v) is 4.78. The molecule has 1 amide bonds. The standard InChI is InChI=1S/C22H24N2O3/c1-13-6-7-14(2)16(12-13)24-18(15-8-10-23-11-9-15)17(19(25)21(24)27)20(26)22(3,4)5/h6-12,18,25H,1-5H3. The number of anilines is 1. The zero-order valence-corrected chi connectivity index (χ0v) is 16.3. The van der Waals surface area contributed by atoms with Gasteiger partial charge < -0.3 is 5.11 Å². The molecule has 1 aliphatic rings. The van der Waals surface area contributed by atoms with Crippen LogP contribution in [0.3, 0.4) is 0 Å². The maximum atomic E-state index is 13.1. The highest BCUT2D eigenvalue weighted by molar-refractivity contribution is 6.17. The summed E-state index contributed by atoms with van der Waals surface area (Å²) in [5.41, 5.74) is 2.71. The van der Waals surface area contributed by atoms with Gasteiger partial charge in [0.25, 0.3) is 5.91 Å². The van der Waals surface area contributed by atoms with Gasteiger partial charge in [-0.15, -0.1) is 0 Å². The molecule has 0 aliphatic carbocycles. The molecular weight excluding hydrogens is 340 g/mol. The smallest absolute Gasteiger partial charge is 0.294 e. The first-order chi connectivity index (χ1) is 12.6. The molecule has 0 spiro atoms. The summed E-state index contributed by atoms with van der Waals surface area (Å²) in [6.07, 6.45) is 3.24. The van der Waals surface area contributed by atoms with E-state index in [1.54, 1.807) is 45.3 Å². The van der Waals surface area contributed by atoms with Crippen molar-refractivity contribution in [2.24, 2.45) is 5.41 Å². The summed E-state index contributed by atoms with van der Waals surface area (Å²) >= 11 is 0. The van der Waals surface area contributed by atoms with Gasteiger partial charge in [0.2, 0.25) is 0 Å². The van der Waals surface area contributed by atoms with Gasteiger partial charge in [-0.1, -0.05) is 32.9 Å². The number of aliphatic hydroxyl groups excluding tert-OH is 1. The number of rotatable bonds is 3. The van der Waals surface area contributed by atoms with Gasteiger partial charge >= 0.3 is 0 Å². The highest BCUT2D eigenvalue weighted by Gasteiger charge is 2.46. The minimum Gasteiger partial charge on any atom is -0.503 e. The first-order valence-corrected chi connectivity index (χ1v) is 8.91. The van der Waals surface area contributed by atoms with Crippen LogP contribution in [0.25, 0.3) is 0 Å². The molecule has 5 heteroatoms. The second kappa shape index (κ2) is 6.65. The molecule has 1 aromatic heterocycles. The Hall–Kier alpha value is -2.95. The monoisotopic (exact) mass is 364 g/mol. The van der Waals surface area contributed by atoms with Crippen LogP contribution in [0.1, 0.15) is 43.5 Å². The number of hydrogen-bond donors (Lipinski definition) is 1. The predicted octanol–water partition coefficient (Wildman–Crippen LogP) is 4.21. The second-order valence-corrected chi connectivity index (χ2v) is 7.99. The molecule has 1 atom stereocenters. The SMILES string of the molecule is Cc1ccc(C)c(N2C(=O)C(O)=C(C(=O)C(C)(C)C)C2c2ccncc2)c1. The van der Waals surface area contributed by atoms with E-state index in [1.165, 1.54) is 4.90 Å². The number of benzene rings is 1. The van der Waals surface area contributed by atoms with Crippen molar-refractivity contribution in [2.75, 3.05) is 4.90 Å². The lowest BCUT2D eigenvalue weighted by atomic mass is 9.82. The van der Waals surface area contributed by atoms with Crippen LogP contribution < -0.4 is 4.90 Å². The van der Waals surface area contributed by atoms with E-state index in [2.05, 4.69) is 4.98 Å². The van der Waals surface area contributed by atoms with Crippen molar-refractivity contribution in [1.29, 1.82) is 0 Å². The molecule has 0 saturated carbocycles. The van der Waals surface area contributed by atoms with Crippen LogP contribution >= 0.6 is 0 Å². The Balaban J connectivity index is 2.25. The highest BCUT2D eigenvalue weighted by Crippen LogP contribution is 2.44. The van der Waals surface area contributed by atoms with Crippen LogP contribution in [-0.2, 0) is 9.59 Å². The lowest BCUT2D eigenvalue weighted by molar-refractivity contribution is -0.123. The molecule has 5 nitrogen and oxygen atoms in total. The molecule has 0 saturated heterocycles. The maximum Gasteiger partial charge on any atom is 0.294 e. The van der Waals surface area contributed by atoms with Crippen molar-refractivity contribution in [3.8, 4) is 0 Å². The first kappa shape index (κ1) is 18.8. The molecule has 0 bridgehead atoms. The van der Waals surface area contributed by atoms with Gasteiger partial charge in [0.15, 0.2) is 11.5 Å². The molecule has 2 heterocycles. The quantitative estimate of drug-likeness (QED) is 0.885. The van der Waals surface area contributed by atoms with E-state index < -0.39 is 23.1 Å². The van der Waals surface area contributed by atoms with E-state index in [9.17, 15) is 14.7 Å². The third kappa shape index (κ3) is 3.25. The Labute approximate surface area is 159 Å². The number of carbonyl (C=O) groups is 2. The Kier molecular flexibility index (Phi) is 4.64. The van der Waals surface area contributed by atoms with E-state index in [0.29, 0.717) is 5.69 Å². The van der Waals surface area contributed by atoms with Crippen LogP contribution in [0.2, 0.25) is 0 Å². The average molecular weight is 364 g/mol. The van der Waals surface area contributed by atoms with Crippen molar-refractivity contribution >= 4 is 17.4 Å². The first-order valence-electron chi connectivity index (χ1n) is 8.91. The van der Waals surface area contributed by atoms with E-state index in [-0.39, 0.29) is 11.4 Å². The van der Waals surface area contributed by atoms with E-state index in [4.69, 9.17) is 0 Å².